The highest BCUT2D eigenvalue weighted by atomic mass is 32.2. The molecule has 2 aromatic carbocycles. The van der Waals surface area contributed by atoms with E-state index in [2.05, 4.69) is 10.6 Å². The van der Waals surface area contributed by atoms with Gasteiger partial charge in [0.05, 0.1) is 22.0 Å². The second-order valence-corrected chi connectivity index (χ2v) is 9.55. The third-order valence-corrected chi connectivity index (χ3v) is 7.17. The van der Waals surface area contributed by atoms with E-state index in [1.165, 1.54) is 30.0 Å². The number of amides is 2. The van der Waals surface area contributed by atoms with Gasteiger partial charge in [-0.15, -0.1) is 11.8 Å². The minimum absolute atomic E-state index is 0.0419. The van der Waals surface area contributed by atoms with Crippen LogP contribution in [0.3, 0.4) is 0 Å². The van der Waals surface area contributed by atoms with E-state index in [1.54, 1.807) is 31.2 Å². The topological polar surface area (TPSA) is 139 Å². The predicted octanol–water partition coefficient (Wildman–Crippen LogP) is 5.02. The van der Waals surface area contributed by atoms with Gasteiger partial charge >= 0.3 is 5.97 Å². The van der Waals surface area contributed by atoms with Gasteiger partial charge in [0.15, 0.2) is 0 Å². The van der Waals surface area contributed by atoms with Crippen molar-refractivity contribution in [2.24, 2.45) is 11.8 Å². The normalized spacial score (nSPS) is 17.9. The number of nitro groups is 1. The number of carboxylic acid groups (broad SMARTS) is 1. The first-order valence-electron chi connectivity index (χ1n) is 11.2. The van der Waals surface area contributed by atoms with E-state index in [0.29, 0.717) is 36.2 Å². The standard InChI is InChI=1S/C25H27N3O6S/c1-3-22(24(30)27-21-12-11-17(28(33)34)13-15(21)2)35-18-8-6-7-16(14-18)26-23(29)19-9-4-5-10-20(19)25(31)32/h4-8,11-14,19-20,22H,3,9-10H2,1-2H3,(H,26,29)(H,27,30)(H,31,32). The summed E-state index contributed by atoms with van der Waals surface area (Å²) in [5.74, 6) is -2.97. The van der Waals surface area contributed by atoms with Gasteiger partial charge in [-0.3, -0.25) is 24.5 Å². The highest BCUT2D eigenvalue weighted by Gasteiger charge is 2.34. The number of nitro benzene ring substituents is 1. The number of aliphatic carboxylic acids is 1. The van der Waals surface area contributed by atoms with Gasteiger partial charge in [0.1, 0.15) is 0 Å². The zero-order valence-corrected chi connectivity index (χ0v) is 20.2. The molecule has 0 saturated carbocycles. The highest BCUT2D eigenvalue weighted by Crippen LogP contribution is 2.31. The number of non-ortho nitro benzene ring substituents is 1. The zero-order chi connectivity index (χ0) is 25.5. The monoisotopic (exact) mass is 497 g/mol. The Morgan fingerprint density at radius 1 is 1.11 bits per heavy atom. The summed E-state index contributed by atoms with van der Waals surface area (Å²) in [5, 5.41) is 25.6. The molecule has 0 aliphatic heterocycles. The summed E-state index contributed by atoms with van der Waals surface area (Å²) < 4.78 is 0. The molecule has 0 bridgehead atoms. The number of thioether (sulfide) groups is 1. The van der Waals surface area contributed by atoms with Crippen LogP contribution in [0.2, 0.25) is 0 Å². The lowest BCUT2D eigenvalue weighted by Gasteiger charge is -2.24. The number of hydrogen-bond donors (Lipinski definition) is 3. The van der Waals surface area contributed by atoms with Crippen LogP contribution < -0.4 is 10.6 Å². The molecule has 3 rings (SSSR count). The molecule has 0 spiro atoms. The molecule has 2 aromatic rings. The van der Waals surface area contributed by atoms with Crippen LogP contribution >= 0.6 is 11.8 Å². The quantitative estimate of drug-likeness (QED) is 0.191. The lowest BCUT2D eigenvalue weighted by atomic mass is 9.82. The number of allylic oxidation sites excluding steroid dienone is 2. The molecule has 3 N–H and O–H groups in total. The number of nitrogens with one attached hydrogen (secondary N) is 2. The summed E-state index contributed by atoms with van der Waals surface area (Å²) in [5.41, 5.74) is 1.59. The van der Waals surface area contributed by atoms with E-state index >= 15 is 0 Å². The summed E-state index contributed by atoms with van der Waals surface area (Å²) in [7, 11) is 0. The Hall–Kier alpha value is -3.66. The fourth-order valence-corrected chi connectivity index (χ4v) is 4.87. The van der Waals surface area contributed by atoms with Gasteiger partial charge in [0.2, 0.25) is 11.8 Å². The number of aryl methyl sites for hydroxylation is 1. The molecule has 1 aliphatic rings. The second kappa shape index (κ2) is 11.7. The number of carbonyl (C=O) groups is 3. The summed E-state index contributed by atoms with van der Waals surface area (Å²) >= 11 is 1.34. The molecule has 10 heteroatoms. The Morgan fingerprint density at radius 3 is 2.46 bits per heavy atom. The average molecular weight is 498 g/mol. The van der Waals surface area contributed by atoms with Crippen LogP contribution in [-0.2, 0) is 14.4 Å². The molecule has 9 nitrogen and oxygen atoms in total. The molecule has 1 aliphatic carbocycles. The van der Waals surface area contributed by atoms with Gasteiger partial charge < -0.3 is 15.7 Å². The summed E-state index contributed by atoms with van der Waals surface area (Å²) in [6, 6.07) is 11.3. The van der Waals surface area contributed by atoms with Crippen molar-refractivity contribution in [3.05, 3.63) is 70.3 Å². The summed E-state index contributed by atoms with van der Waals surface area (Å²) in [6.45, 7) is 3.58. The third-order valence-electron chi connectivity index (χ3n) is 5.81. The molecule has 35 heavy (non-hydrogen) atoms. The smallest absolute Gasteiger partial charge is 0.307 e. The van der Waals surface area contributed by atoms with Crippen molar-refractivity contribution >= 4 is 46.6 Å². The number of carboxylic acids is 1. The van der Waals surface area contributed by atoms with Gasteiger partial charge in [-0.25, -0.2) is 0 Å². The van der Waals surface area contributed by atoms with Crippen LogP contribution in [0.25, 0.3) is 0 Å². The van der Waals surface area contributed by atoms with Crippen LogP contribution in [0, 0.1) is 28.9 Å². The molecule has 3 atom stereocenters. The van der Waals surface area contributed by atoms with Crippen molar-refractivity contribution in [2.75, 3.05) is 10.6 Å². The highest BCUT2D eigenvalue weighted by molar-refractivity contribution is 8.00. The minimum atomic E-state index is -0.987. The van der Waals surface area contributed by atoms with Crippen LogP contribution in [0.1, 0.15) is 31.7 Å². The summed E-state index contributed by atoms with van der Waals surface area (Å²) in [4.78, 5) is 48.4. The maximum Gasteiger partial charge on any atom is 0.307 e. The fourth-order valence-electron chi connectivity index (χ4n) is 3.86. The third kappa shape index (κ3) is 6.69. The largest absolute Gasteiger partial charge is 0.481 e. The van der Waals surface area contributed by atoms with Crippen molar-refractivity contribution in [1.29, 1.82) is 0 Å². The molecule has 0 heterocycles. The zero-order valence-electron chi connectivity index (χ0n) is 19.4. The number of benzene rings is 2. The molecule has 2 amide bonds. The average Bonchev–Trinajstić information content (AvgIpc) is 2.83. The Bertz CT molecular complexity index is 1170. The summed E-state index contributed by atoms with van der Waals surface area (Å²) in [6.07, 6.45) is 4.84. The van der Waals surface area contributed by atoms with Gasteiger partial charge in [-0.1, -0.05) is 25.1 Å². The first kappa shape index (κ1) is 26.0. The number of anilines is 2. The van der Waals surface area contributed by atoms with E-state index in [1.807, 2.05) is 19.1 Å². The van der Waals surface area contributed by atoms with Crippen molar-refractivity contribution < 1.29 is 24.4 Å². The molecule has 0 saturated heterocycles. The van der Waals surface area contributed by atoms with E-state index in [9.17, 15) is 29.6 Å². The number of nitrogens with zero attached hydrogens (tertiary/aromatic N) is 1. The van der Waals surface area contributed by atoms with Crippen LogP contribution in [0.15, 0.2) is 59.5 Å². The van der Waals surface area contributed by atoms with Crippen LogP contribution in [0.4, 0.5) is 17.1 Å². The Labute approximate surface area is 207 Å². The fraction of sp³-hybridized carbons (Fsp3) is 0.320. The van der Waals surface area contributed by atoms with Crippen LogP contribution in [-0.4, -0.2) is 33.1 Å². The molecule has 0 fully saturated rings. The SMILES string of the molecule is CCC(Sc1cccc(NC(=O)C2CC=CCC2C(=O)O)c1)C(=O)Nc1ccc([N+](=O)[O-])cc1C. The lowest BCUT2D eigenvalue weighted by Crippen LogP contribution is -2.34. The van der Waals surface area contributed by atoms with Crippen molar-refractivity contribution in [3.63, 3.8) is 0 Å². The molecule has 0 aromatic heterocycles. The minimum Gasteiger partial charge on any atom is -0.481 e. The second-order valence-electron chi connectivity index (χ2n) is 8.27. The number of hydrogen-bond acceptors (Lipinski definition) is 6. The molecule has 184 valence electrons. The van der Waals surface area contributed by atoms with Crippen molar-refractivity contribution in [3.8, 4) is 0 Å². The predicted molar refractivity (Wildman–Crippen MR) is 134 cm³/mol. The van der Waals surface area contributed by atoms with E-state index in [-0.39, 0.29) is 17.5 Å². The first-order valence-corrected chi connectivity index (χ1v) is 12.1. The molecule has 3 unspecified atom stereocenters. The molecular weight excluding hydrogens is 470 g/mol. The lowest BCUT2D eigenvalue weighted by molar-refractivity contribution is -0.384. The molecule has 0 radical (unpaired) electrons. The van der Waals surface area contributed by atoms with Crippen LogP contribution in [0.5, 0.6) is 0 Å². The molecular formula is C25H27N3O6S. The first-order chi connectivity index (χ1) is 16.7. The number of carbonyl (C=O) groups excluding carboxylic acids is 2. The van der Waals surface area contributed by atoms with Gasteiger partial charge in [0.25, 0.3) is 5.69 Å². The van der Waals surface area contributed by atoms with Crippen molar-refractivity contribution in [2.45, 2.75) is 43.3 Å². The van der Waals surface area contributed by atoms with E-state index in [4.69, 9.17) is 0 Å². The van der Waals surface area contributed by atoms with E-state index < -0.39 is 28.0 Å². The Kier molecular flexibility index (Phi) is 8.64. The number of rotatable bonds is 9. The Balaban J connectivity index is 1.66. The van der Waals surface area contributed by atoms with Crippen molar-refractivity contribution in [1.82, 2.24) is 0 Å². The maximum absolute atomic E-state index is 12.9. The maximum atomic E-state index is 12.9. The Morgan fingerprint density at radius 2 is 1.83 bits per heavy atom. The van der Waals surface area contributed by atoms with E-state index in [0.717, 1.165) is 4.90 Å². The van der Waals surface area contributed by atoms with Gasteiger partial charge in [-0.2, -0.15) is 0 Å². The van der Waals surface area contributed by atoms with Gasteiger partial charge in [0, 0.05) is 28.4 Å². The van der Waals surface area contributed by atoms with Gasteiger partial charge in [-0.05, 0) is 56.0 Å².